The van der Waals surface area contributed by atoms with Crippen LogP contribution < -0.4 is 20.7 Å². The molecule has 11 heteroatoms. The van der Waals surface area contributed by atoms with Crippen LogP contribution in [-0.2, 0) is 11.3 Å². The Morgan fingerprint density at radius 1 is 0.895 bits per heavy atom. The number of rotatable bonds is 11. The fourth-order valence-corrected chi connectivity index (χ4v) is 3.66. The van der Waals surface area contributed by atoms with Gasteiger partial charge in [0, 0.05) is 24.2 Å². The summed E-state index contributed by atoms with van der Waals surface area (Å²) in [6.45, 7) is 2.10. The van der Waals surface area contributed by atoms with Gasteiger partial charge in [0.2, 0.25) is 0 Å². The fraction of sp³-hybridized carbons (Fsp3) is 0.185. The van der Waals surface area contributed by atoms with Crippen molar-refractivity contribution in [2.75, 3.05) is 13.2 Å². The molecule has 0 saturated heterocycles. The van der Waals surface area contributed by atoms with E-state index in [4.69, 9.17) is 16.3 Å². The smallest absolute Gasteiger partial charge is 0.328 e. The molecular weight excluding hydrogens is 514 g/mol. The van der Waals surface area contributed by atoms with E-state index in [2.05, 4.69) is 16.0 Å². The van der Waals surface area contributed by atoms with Crippen LogP contribution in [0.25, 0.3) is 0 Å². The fourth-order valence-electron chi connectivity index (χ4n) is 3.39. The number of benzene rings is 3. The summed E-state index contributed by atoms with van der Waals surface area (Å²) >= 11 is 6.21. The van der Waals surface area contributed by atoms with Crippen LogP contribution >= 0.6 is 11.6 Å². The zero-order valence-corrected chi connectivity index (χ0v) is 21.1. The molecule has 3 aromatic rings. The first-order valence-corrected chi connectivity index (χ1v) is 12.0. The van der Waals surface area contributed by atoms with Crippen molar-refractivity contribution in [3.63, 3.8) is 0 Å². The van der Waals surface area contributed by atoms with Crippen molar-refractivity contribution >= 4 is 35.3 Å². The summed E-state index contributed by atoms with van der Waals surface area (Å²) in [4.78, 5) is 49.2. The Morgan fingerprint density at radius 3 is 2.21 bits per heavy atom. The van der Waals surface area contributed by atoms with E-state index in [9.17, 15) is 29.4 Å². The van der Waals surface area contributed by atoms with Crippen molar-refractivity contribution in [1.29, 1.82) is 0 Å². The topological polar surface area (TPSA) is 154 Å². The Labute approximate surface area is 223 Å². The van der Waals surface area contributed by atoms with Crippen LogP contribution in [0.5, 0.6) is 11.5 Å². The van der Waals surface area contributed by atoms with Crippen molar-refractivity contribution in [3.05, 3.63) is 94.0 Å². The summed E-state index contributed by atoms with van der Waals surface area (Å²) < 4.78 is 5.32. The molecule has 3 rings (SSSR count). The predicted octanol–water partition coefficient (Wildman–Crippen LogP) is 2.99. The van der Waals surface area contributed by atoms with E-state index < -0.39 is 29.7 Å². The third-order valence-corrected chi connectivity index (χ3v) is 5.65. The summed E-state index contributed by atoms with van der Waals surface area (Å²) in [5.74, 6) is -2.45. The first-order chi connectivity index (χ1) is 18.2. The number of carbonyl (C=O) groups excluding carboxylic acids is 3. The van der Waals surface area contributed by atoms with E-state index >= 15 is 0 Å². The standard InChI is InChI=1S/C27H26ClN3O7/c1-2-38-20-9-6-17(7-10-20)24(33)30-15-23(27(36)37)31-26(35)21-11-8-18(13-22(21)28)25(34)29-14-16-4-3-5-19(32)12-16/h3-13,23,32H,2,14-15H2,1H3,(H,29,34)(H,30,33)(H,31,35)(H,36,37)/t23-/m0/s1. The second-order valence-electron chi connectivity index (χ2n) is 8.08. The summed E-state index contributed by atoms with van der Waals surface area (Å²) in [6, 6.07) is 15.3. The average molecular weight is 540 g/mol. The maximum absolute atomic E-state index is 12.7. The summed E-state index contributed by atoms with van der Waals surface area (Å²) in [7, 11) is 0. The van der Waals surface area contributed by atoms with Gasteiger partial charge in [0.25, 0.3) is 17.7 Å². The van der Waals surface area contributed by atoms with Crippen molar-refractivity contribution in [2.45, 2.75) is 19.5 Å². The minimum absolute atomic E-state index is 0.0414. The van der Waals surface area contributed by atoms with E-state index in [1.807, 2.05) is 6.92 Å². The van der Waals surface area contributed by atoms with Gasteiger partial charge >= 0.3 is 5.97 Å². The second-order valence-corrected chi connectivity index (χ2v) is 8.49. The van der Waals surface area contributed by atoms with Gasteiger partial charge in [-0.15, -0.1) is 0 Å². The number of carboxylic acids is 1. The molecule has 0 saturated carbocycles. The lowest BCUT2D eigenvalue weighted by Gasteiger charge is -2.16. The number of amides is 3. The van der Waals surface area contributed by atoms with Gasteiger partial charge in [-0.25, -0.2) is 4.79 Å². The molecule has 38 heavy (non-hydrogen) atoms. The summed E-state index contributed by atoms with van der Waals surface area (Å²) in [6.07, 6.45) is 0. The first kappa shape index (κ1) is 28.0. The first-order valence-electron chi connectivity index (χ1n) is 11.6. The zero-order valence-electron chi connectivity index (χ0n) is 20.4. The number of aromatic hydroxyl groups is 1. The Morgan fingerprint density at radius 2 is 1.58 bits per heavy atom. The molecule has 3 aromatic carbocycles. The number of halogens is 1. The van der Waals surface area contributed by atoms with Gasteiger partial charge in [-0.2, -0.15) is 0 Å². The molecule has 0 aromatic heterocycles. The molecule has 0 aliphatic rings. The van der Waals surface area contributed by atoms with Crippen LogP contribution in [0.15, 0.2) is 66.7 Å². The van der Waals surface area contributed by atoms with E-state index in [1.165, 1.54) is 42.5 Å². The molecule has 0 aliphatic heterocycles. The van der Waals surface area contributed by atoms with Gasteiger partial charge in [0.1, 0.15) is 17.5 Å². The molecule has 0 aliphatic carbocycles. The Balaban J connectivity index is 1.58. The number of aliphatic carboxylic acids is 1. The van der Waals surface area contributed by atoms with E-state index in [-0.39, 0.29) is 35.0 Å². The number of phenols is 1. The Hall–Kier alpha value is -4.57. The van der Waals surface area contributed by atoms with Crippen LogP contribution in [0, 0.1) is 0 Å². The summed E-state index contributed by atoms with van der Waals surface area (Å²) in [5.41, 5.74) is 1.13. The van der Waals surface area contributed by atoms with Crippen molar-refractivity contribution < 1.29 is 34.1 Å². The van der Waals surface area contributed by atoms with E-state index in [1.54, 1.807) is 24.3 Å². The van der Waals surface area contributed by atoms with Crippen LogP contribution in [0.3, 0.4) is 0 Å². The zero-order chi connectivity index (χ0) is 27.7. The number of nitrogens with one attached hydrogen (secondary N) is 3. The SMILES string of the molecule is CCOc1ccc(C(=O)NC[C@H](NC(=O)c2ccc(C(=O)NCc3cccc(O)c3)cc2Cl)C(=O)O)cc1. The molecule has 0 fully saturated rings. The molecule has 198 valence electrons. The molecule has 0 bridgehead atoms. The number of carboxylic acid groups (broad SMARTS) is 1. The highest BCUT2D eigenvalue weighted by Crippen LogP contribution is 2.19. The number of hydrogen-bond donors (Lipinski definition) is 5. The highest BCUT2D eigenvalue weighted by atomic mass is 35.5. The monoisotopic (exact) mass is 539 g/mol. The molecule has 10 nitrogen and oxygen atoms in total. The highest BCUT2D eigenvalue weighted by molar-refractivity contribution is 6.34. The van der Waals surface area contributed by atoms with Crippen molar-refractivity contribution in [1.82, 2.24) is 16.0 Å². The lowest BCUT2D eigenvalue weighted by atomic mass is 10.1. The van der Waals surface area contributed by atoms with E-state index in [0.29, 0.717) is 23.5 Å². The van der Waals surface area contributed by atoms with Crippen LogP contribution in [0.2, 0.25) is 5.02 Å². The molecule has 3 amide bonds. The third-order valence-electron chi connectivity index (χ3n) is 5.34. The van der Waals surface area contributed by atoms with Gasteiger partial charge in [-0.05, 0) is 67.1 Å². The molecular formula is C27H26ClN3O7. The molecule has 5 N–H and O–H groups in total. The van der Waals surface area contributed by atoms with Gasteiger partial charge < -0.3 is 30.9 Å². The normalized spacial score (nSPS) is 11.2. The van der Waals surface area contributed by atoms with Crippen LogP contribution in [-0.4, -0.2) is 53.1 Å². The molecule has 0 unspecified atom stereocenters. The van der Waals surface area contributed by atoms with Crippen LogP contribution in [0.4, 0.5) is 0 Å². The summed E-state index contributed by atoms with van der Waals surface area (Å²) in [5, 5.41) is 26.5. The maximum atomic E-state index is 12.7. The Kier molecular flexibility index (Phi) is 9.66. The quantitative estimate of drug-likeness (QED) is 0.251. The maximum Gasteiger partial charge on any atom is 0.328 e. The van der Waals surface area contributed by atoms with Crippen LogP contribution in [0.1, 0.15) is 43.6 Å². The largest absolute Gasteiger partial charge is 0.508 e. The van der Waals surface area contributed by atoms with E-state index in [0.717, 1.165) is 0 Å². The lowest BCUT2D eigenvalue weighted by Crippen LogP contribution is -2.48. The van der Waals surface area contributed by atoms with Gasteiger partial charge in [-0.1, -0.05) is 23.7 Å². The molecule has 0 radical (unpaired) electrons. The predicted molar refractivity (Wildman–Crippen MR) is 140 cm³/mol. The second kappa shape index (κ2) is 13.1. The minimum Gasteiger partial charge on any atom is -0.508 e. The van der Waals surface area contributed by atoms with Gasteiger partial charge in [-0.3, -0.25) is 14.4 Å². The molecule has 1 atom stereocenters. The van der Waals surface area contributed by atoms with Gasteiger partial charge in [0.05, 0.1) is 17.2 Å². The van der Waals surface area contributed by atoms with Gasteiger partial charge in [0.15, 0.2) is 0 Å². The Bertz CT molecular complexity index is 1330. The number of phenolic OH excluding ortho intramolecular Hbond substituents is 1. The van der Waals surface area contributed by atoms with Crippen molar-refractivity contribution in [3.8, 4) is 11.5 Å². The number of ether oxygens (including phenoxy) is 1. The highest BCUT2D eigenvalue weighted by Gasteiger charge is 2.23. The third kappa shape index (κ3) is 7.71. The van der Waals surface area contributed by atoms with Crippen molar-refractivity contribution in [2.24, 2.45) is 0 Å². The minimum atomic E-state index is -1.43. The lowest BCUT2D eigenvalue weighted by molar-refractivity contribution is -0.139. The number of carbonyl (C=O) groups is 4. The number of hydrogen-bond acceptors (Lipinski definition) is 6. The molecule has 0 heterocycles. The molecule has 0 spiro atoms. The average Bonchev–Trinajstić information content (AvgIpc) is 2.89.